The highest BCUT2D eigenvalue weighted by Gasteiger charge is 2.15. The third-order valence-electron chi connectivity index (χ3n) is 4.55. The lowest BCUT2D eigenvalue weighted by Gasteiger charge is -2.12. The Morgan fingerprint density at radius 1 is 1.15 bits per heavy atom. The average Bonchev–Trinajstić information content (AvgIpc) is 3.25. The maximum atomic E-state index is 13.2. The number of allylic oxidation sites excluding steroid dienone is 1. The van der Waals surface area contributed by atoms with Crippen LogP contribution >= 0.6 is 11.8 Å². The lowest BCUT2D eigenvalue weighted by atomic mass is 10.2. The Kier molecular flexibility index (Phi) is 8.63. The Labute approximate surface area is 200 Å². The highest BCUT2D eigenvalue weighted by molar-refractivity contribution is 7.99. The summed E-state index contributed by atoms with van der Waals surface area (Å²) in [5.74, 6) is 1.37. The minimum Gasteiger partial charge on any atom is -0.493 e. The van der Waals surface area contributed by atoms with E-state index in [2.05, 4.69) is 27.3 Å². The van der Waals surface area contributed by atoms with Crippen molar-refractivity contribution in [1.82, 2.24) is 20.2 Å². The van der Waals surface area contributed by atoms with E-state index in [1.165, 1.54) is 51.4 Å². The highest BCUT2D eigenvalue weighted by atomic mass is 32.2. The number of carbonyl (C=O) groups excluding carboxylic acids is 1. The Morgan fingerprint density at radius 3 is 2.41 bits per heavy atom. The second kappa shape index (κ2) is 11.8. The molecule has 34 heavy (non-hydrogen) atoms. The number of carbonyl (C=O) groups is 1. The third kappa shape index (κ3) is 5.93. The first kappa shape index (κ1) is 24.8. The van der Waals surface area contributed by atoms with Gasteiger partial charge in [0, 0.05) is 17.7 Å². The Bertz CT molecular complexity index is 1160. The molecule has 3 aromatic rings. The van der Waals surface area contributed by atoms with Gasteiger partial charge >= 0.3 is 0 Å². The summed E-state index contributed by atoms with van der Waals surface area (Å²) in [6.07, 6.45) is 3.17. The summed E-state index contributed by atoms with van der Waals surface area (Å²) in [6, 6.07) is 9.37. The van der Waals surface area contributed by atoms with Gasteiger partial charge in [0.2, 0.25) is 5.75 Å². The monoisotopic (exact) mass is 485 g/mol. The molecule has 2 aromatic carbocycles. The molecular weight excluding hydrogens is 461 g/mol. The van der Waals surface area contributed by atoms with Gasteiger partial charge in [0.1, 0.15) is 5.82 Å². The lowest BCUT2D eigenvalue weighted by Crippen LogP contribution is -2.20. The molecule has 178 valence electrons. The molecule has 0 radical (unpaired) electrons. The fourth-order valence-corrected chi connectivity index (χ4v) is 3.76. The number of hydrogen-bond donors (Lipinski definition) is 1. The van der Waals surface area contributed by atoms with E-state index < -0.39 is 0 Å². The maximum Gasteiger partial charge on any atom is 0.250 e. The van der Waals surface area contributed by atoms with Crippen LogP contribution in [0.4, 0.5) is 4.39 Å². The molecule has 0 unspecified atom stereocenters. The number of rotatable bonds is 11. The van der Waals surface area contributed by atoms with E-state index in [0.29, 0.717) is 45.9 Å². The second-order valence-electron chi connectivity index (χ2n) is 6.75. The molecule has 0 atom stereocenters. The van der Waals surface area contributed by atoms with Crippen LogP contribution in [0, 0.1) is 5.82 Å². The Hall–Kier alpha value is -3.86. The SMILES string of the molecule is C=CCn1c(SCC(=O)N/N=C\c2cc(OC)c(OC)c(OC)c2)nnc1-c1ccc(F)cc1. The summed E-state index contributed by atoms with van der Waals surface area (Å²) < 4.78 is 31.0. The molecule has 0 bridgehead atoms. The van der Waals surface area contributed by atoms with Crippen LogP contribution in [-0.4, -0.2) is 54.0 Å². The summed E-state index contributed by atoms with van der Waals surface area (Å²) in [6.45, 7) is 4.19. The van der Waals surface area contributed by atoms with E-state index in [9.17, 15) is 9.18 Å². The number of methoxy groups -OCH3 is 3. The summed E-state index contributed by atoms with van der Waals surface area (Å²) in [5, 5.41) is 12.9. The number of nitrogens with one attached hydrogen (secondary N) is 1. The zero-order valence-corrected chi connectivity index (χ0v) is 19.8. The van der Waals surface area contributed by atoms with Crippen molar-refractivity contribution in [2.45, 2.75) is 11.7 Å². The number of aromatic nitrogens is 3. The number of nitrogens with zero attached hydrogens (tertiary/aromatic N) is 4. The zero-order chi connectivity index (χ0) is 24.5. The summed E-state index contributed by atoms with van der Waals surface area (Å²) in [4.78, 5) is 12.3. The van der Waals surface area contributed by atoms with E-state index in [1.54, 1.807) is 34.9 Å². The molecule has 0 fully saturated rings. The predicted octanol–water partition coefficient (Wildman–Crippen LogP) is 3.54. The number of hydrogen-bond acceptors (Lipinski definition) is 8. The first-order valence-electron chi connectivity index (χ1n) is 10.1. The van der Waals surface area contributed by atoms with Crippen molar-refractivity contribution >= 4 is 23.9 Å². The van der Waals surface area contributed by atoms with E-state index in [0.717, 1.165) is 0 Å². The van der Waals surface area contributed by atoms with Gasteiger partial charge in [-0.15, -0.1) is 16.8 Å². The fourth-order valence-electron chi connectivity index (χ4n) is 3.02. The molecule has 11 heteroatoms. The summed E-state index contributed by atoms with van der Waals surface area (Å²) >= 11 is 1.20. The van der Waals surface area contributed by atoms with Crippen molar-refractivity contribution in [3.63, 3.8) is 0 Å². The number of amides is 1. The smallest absolute Gasteiger partial charge is 0.250 e. The largest absolute Gasteiger partial charge is 0.493 e. The molecule has 3 rings (SSSR count). The van der Waals surface area contributed by atoms with Gasteiger partial charge in [-0.25, -0.2) is 9.82 Å². The molecule has 1 N–H and O–H groups in total. The van der Waals surface area contributed by atoms with Crippen LogP contribution in [0.25, 0.3) is 11.4 Å². The molecule has 0 spiro atoms. The van der Waals surface area contributed by atoms with E-state index >= 15 is 0 Å². The standard InChI is InChI=1S/C23H24FN5O4S/c1-5-10-29-22(16-6-8-17(24)9-7-16)27-28-23(29)34-14-20(30)26-25-13-15-11-18(31-2)21(33-4)19(12-15)32-3/h5-9,11-13H,1,10,14H2,2-4H3,(H,26,30)/b25-13-. The van der Waals surface area contributed by atoms with Crippen molar-refractivity contribution in [1.29, 1.82) is 0 Å². The normalized spacial score (nSPS) is 10.8. The molecule has 0 saturated carbocycles. The van der Waals surface area contributed by atoms with E-state index in [-0.39, 0.29) is 17.5 Å². The van der Waals surface area contributed by atoms with E-state index in [1.807, 2.05) is 0 Å². The van der Waals surface area contributed by atoms with Crippen LogP contribution in [0.5, 0.6) is 17.2 Å². The second-order valence-corrected chi connectivity index (χ2v) is 7.70. The minimum atomic E-state index is -0.336. The van der Waals surface area contributed by atoms with Gasteiger partial charge < -0.3 is 14.2 Å². The summed E-state index contributed by atoms with van der Waals surface area (Å²) in [7, 11) is 4.55. The number of ether oxygens (including phenoxy) is 3. The summed E-state index contributed by atoms with van der Waals surface area (Å²) in [5.41, 5.74) is 3.84. The molecule has 9 nitrogen and oxygen atoms in total. The average molecular weight is 486 g/mol. The van der Waals surface area contributed by atoms with Crippen LogP contribution in [0.15, 0.2) is 59.3 Å². The molecule has 1 heterocycles. The van der Waals surface area contributed by atoms with Crippen LogP contribution in [-0.2, 0) is 11.3 Å². The highest BCUT2D eigenvalue weighted by Crippen LogP contribution is 2.37. The van der Waals surface area contributed by atoms with Crippen molar-refractivity contribution < 1.29 is 23.4 Å². The molecule has 0 aliphatic heterocycles. The lowest BCUT2D eigenvalue weighted by molar-refractivity contribution is -0.118. The molecule has 1 aromatic heterocycles. The van der Waals surface area contributed by atoms with Gasteiger partial charge in [-0.2, -0.15) is 5.10 Å². The Balaban J connectivity index is 1.65. The van der Waals surface area contributed by atoms with E-state index in [4.69, 9.17) is 14.2 Å². The Morgan fingerprint density at radius 2 is 1.82 bits per heavy atom. The van der Waals surface area contributed by atoms with Gasteiger partial charge in [0.15, 0.2) is 22.5 Å². The maximum absolute atomic E-state index is 13.2. The van der Waals surface area contributed by atoms with Crippen LogP contribution in [0.2, 0.25) is 0 Å². The number of thioether (sulfide) groups is 1. The number of halogens is 1. The first-order chi connectivity index (χ1) is 16.5. The van der Waals surface area contributed by atoms with Crippen LogP contribution in [0.3, 0.4) is 0 Å². The van der Waals surface area contributed by atoms with Crippen molar-refractivity contribution in [2.75, 3.05) is 27.1 Å². The van der Waals surface area contributed by atoms with Crippen molar-refractivity contribution in [2.24, 2.45) is 5.10 Å². The van der Waals surface area contributed by atoms with Crippen molar-refractivity contribution in [3.8, 4) is 28.6 Å². The minimum absolute atomic E-state index is 0.0608. The molecule has 0 aliphatic carbocycles. The number of hydrazone groups is 1. The number of benzene rings is 2. The van der Waals surface area contributed by atoms with Crippen LogP contribution in [0.1, 0.15) is 5.56 Å². The molecule has 0 aliphatic rings. The van der Waals surface area contributed by atoms with Gasteiger partial charge in [0.05, 0.1) is 33.3 Å². The molecular formula is C23H24FN5O4S. The third-order valence-corrected chi connectivity index (χ3v) is 5.52. The molecule has 0 saturated heterocycles. The fraction of sp³-hybridized carbons (Fsp3) is 0.217. The topological polar surface area (TPSA) is 99.9 Å². The van der Waals surface area contributed by atoms with Gasteiger partial charge in [-0.1, -0.05) is 17.8 Å². The van der Waals surface area contributed by atoms with Gasteiger partial charge in [-0.3, -0.25) is 9.36 Å². The van der Waals surface area contributed by atoms with Gasteiger partial charge in [0.25, 0.3) is 5.91 Å². The van der Waals surface area contributed by atoms with Crippen molar-refractivity contribution in [3.05, 3.63) is 60.4 Å². The first-order valence-corrected chi connectivity index (χ1v) is 11.0. The van der Waals surface area contributed by atoms with Crippen LogP contribution < -0.4 is 19.6 Å². The predicted molar refractivity (Wildman–Crippen MR) is 128 cm³/mol. The zero-order valence-electron chi connectivity index (χ0n) is 18.9. The van der Waals surface area contributed by atoms with Gasteiger partial charge in [-0.05, 0) is 36.4 Å². The quantitative estimate of drug-likeness (QED) is 0.192. The molecule has 1 amide bonds.